The van der Waals surface area contributed by atoms with E-state index in [-0.39, 0.29) is 6.07 Å². The summed E-state index contributed by atoms with van der Waals surface area (Å²) >= 11 is 0. The Morgan fingerprint density at radius 2 is 0.700 bits per heavy atom. The molecular formula is C30H8BF15O4. The van der Waals surface area contributed by atoms with Crippen LogP contribution in [0.4, 0.5) is 65.9 Å². The third-order valence-corrected chi connectivity index (χ3v) is 7.08. The molecule has 0 heterocycles. The molecule has 50 heavy (non-hydrogen) atoms. The minimum atomic E-state index is -3.33. The lowest BCUT2D eigenvalue weighted by molar-refractivity contribution is 0.288. The molecule has 3 N–H and O–H groups in total. The summed E-state index contributed by atoms with van der Waals surface area (Å²) in [6, 6.07) is 2.35. The van der Waals surface area contributed by atoms with E-state index in [1.165, 1.54) is 0 Å². The highest BCUT2D eigenvalue weighted by Gasteiger charge is 2.39. The fourth-order valence-electron chi connectivity index (χ4n) is 4.98. The van der Waals surface area contributed by atoms with Crippen LogP contribution in [-0.2, 0) is 0 Å². The molecule has 0 radical (unpaired) electrons. The molecule has 0 bridgehead atoms. The highest BCUT2D eigenvalue weighted by molar-refractivity contribution is 6.34. The van der Waals surface area contributed by atoms with E-state index < -0.39 is 151 Å². The molecular weight excluding hydrogens is 720 g/mol. The minimum absolute atomic E-state index is 0.0944. The van der Waals surface area contributed by atoms with Crippen LogP contribution in [0.15, 0.2) is 30.3 Å². The Morgan fingerprint density at radius 3 is 1.06 bits per heavy atom. The maximum Gasteiger partial charge on any atom is 0.707 e. The van der Waals surface area contributed by atoms with Crippen LogP contribution in [0.1, 0.15) is 0 Å². The summed E-state index contributed by atoms with van der Waals surface area (Å²) in [6.07, 6.45) is 0. The smallest absolute Gasteiger partial charge is 0.511 e. The van der Waals surface area contributed by atoms with E-state index in [9.17, 15) is 54.7 Å². The van der Waals surface area contributed by atoms with Crippen molar-refractivity contribution in [1.29, 1.82) is 0 Å². The Hall–Kier alpha value is -5.37. The maximum atomic E-state index is 15.6. The van der Waals surface area contributed by atoms with Gasteiger partial charge < -0.3 is 19.8 Å². The van der Waals surface area contributed by atoms with Gasteiger partial charge in [-0.1, -0.05) is 12.1 Å². The first-order valence-electron chi connectivity index (χ1n) is 12.9. The van der Waals surface area contributed by atoms with Crippen molar-refractivity contribution >= 4 is 7.32 Å². The molecule has 0 saturated heterocycles. The average Bonchev–Trinajstić information content (AvgIpc) is 3.07. The van der Waals surface area contributed by atoms with Crippen LogP contribution in [0.25, 0.3) is 44.5 Å². The lowest BCUT2D eigenvalue weighted by atomic mass is 9.81. The van der Waals surface area contributed by atoms with Gasteiger partial charge in [-0.05, 0) is 34.9 Å². The number of rotatable bonds is 6. The summed E-state index contributed by atoms with van der Waals surface area (Å²) in [5.74, 6) is -45.4. The number of benzene rings is 5. The van der Waals surface area contributed by atoms with Crippen molar-refractivity contribution < 1.29 is 85.7 Å². The van der Waals surface area contributed by atoms with Crippen molar-refractivity contribution in [1.82, 2.24) is 0 Å². The molecule has 0 aromatic heterocycles. The van der Waals surface area contributed by atoms with E-state index >= 15 is 26.3 Å². The van der Waals surface area contributed by atoms with Crippen molar-refractivity contribution in [3.63, 3.8) is 0 Å². The summed E-state index contributed by atoms with van der Waals surface area (Å²) in [4.78, 5) is 0. The standard InChI is InChI=1S/C30H8BF15O4/c32-16-11(17(33)23(39)28(44)22(16)38)8-5-9(50-31(48)49)12(14-18(34)24(40)29(45)25(41)19(14)35)13(10(8)6-1-3-7(47)4-2-6)15-20(36)26(42)30(46)27(43)21(15)37/h1-5,47-49H. The zero-order valence-electron chi connectivity index (χ0n) is 23.4. The van der Waals surface area contributed by atoms with Gasteiger partial charge in [-0.2, -0.15) is 0 Å². The van der Waals surface area contributed by atoms with Crippen LogP contribution in [0.3, 0.4) is 0 Å². The lowest BCUT2D eigenvalue weighted by Gasteiger charge is -2.25. The predicted molar refractivity (Wildman–Crippen MR) is 140 cm³/mol. The Balaban J connectivity index is 2.26. The second-order valence-electron chi connectivity index (χ2n) is 9.87. The maximum absolute atomic E-state index is 15.6. The molecule has 5 rings (SSSR count). The van der Waals surface area contributed by atoms with Gasteiger partial charge in [0.2, 0.25) is 17.5 Å². The molecule has 0 atom stereocenters. The van der Waals surface area contributed by atoms with Crippen molar-refractivity contribution in [2.24, 2.45) is 0 Å². The van der Waals surface area contributed by atoms with Gasteiger partial charge in [0, 0.05) is 11.1 Å². The van der Waals surface area contributed by atoms with Crippen molar-refractivity contribution in [2.75, 3.05) is 0 Å². The van der Waals surface area contributed by atoms with Crippen LogP contribution in [-0.4, -0.2) is 22.5 Å². The second-order valence-corrected chi connectivity index (χ2v) is 9.87. The van der Waals surface area contributed by atoms with Crippen LogP contribution < -0.4 is 4.65 Å². The van der Waals surface area contributed by atoms with Gasteiger partial charge >= 0.3 is 7.32 Å². The molecule has 5 aromatic carbocycles. The summed E-state index contributed by atoms with van der Waals surface area (Å²) in [5, 5.41) is 28.9. The van der Waals surface area contributed by atoms with Crippen molar-refractivity contribution in [3.05, 3.63) is 118 Å². The minimum Gasteiger partial charge on any atom is -0.511 e. The first kappa shape index (κ1) is 35.9. The Bertz CT molecular complexity index is 2160. The summed E-state index contributed by atoms with van der Waals surface area (Å²) < 4.78 is 227. The van der Waals surface area contributed by atoms with E-state index in [0.29, 0.717) is 24.3 Å². The zero-order valence-corrected chi connectivity index (χ0v) is 23.4. The van der Waals surface area contributed by atoms with Gasteiger partial charge in [-0.15, -0.1) is 0 Å². The quantitative estimate of drug-likeness (QED) is 0.0711. The molecule has 0 amide bonds. The normalized spacial score (nSPS) is 11.4. The van der Waals surface area contributed by atoms with E-state index in [4.69, 9.17) is 0 Å². The number of hydrogen-bond acceptors (Lipinski definition) is 4. The van der Waals surface area contributed by atoms with Gasteiger partial charge in [-0.25, -0.2) is 65.9 Å². The van der Waals surface area contributed by atoms with Gasteiger partial charge in [0.1, 0.15) is 11.5 Å². The number of phenols is 1. The molecule has 260 valence electrons. The van der Waals surface area contributed by atoms with Crippen molar-refractivity contribution in [3.8, 4) is 56.0 Å². The van der Waals surface area contributed by atoms with Gasteiger partial charge in [-0.3, -0.25) is 0 Å². The first-order chi connectivity index (χ1) is 23.3. The molecule has 0 saturated carbocycles. The number of aromatic hydroxyl groups is 1. The van der Waals surface area contributed by atoms with Crippen LogP contribution in [0.5, 0.6) is 11.5 Å². The summed E-state index contributed by atoms with van der Waals surface area (Å²) in [5.41, 5.74) is -15.0. The van der Waals surface area contributed by atoms with E-state index in [2.05, 4.69) is 4.65 Å². The van der Waals surface area contributed by atoms with Crippen LogP contribution in [0.2, 0.25) is 0 Å². The monoisotopic (exact) mass is 728 g/mol. The van der Waals surface area contributed by atoms with Gasteiger partial charge in [0.05, 0.1) is 16.7 Å². The lowest BCUT2D eigenvalue weighted by Crippen LogP contribution is -2.22. The third kappa shape index (κ3) is 5.43. The molecule has 20 heteroatoms. The largest absolute Gasteiger partial charge is 0.707 e. The number of hydrogen-bond donors (Lipinski definition) is 3. The van der Waals surface area contributed by atoms with E-state index in [0.717, 1.165) is 0 Å². The molecule has 0 aliphatic heterocycles. The molecule has 0 fully saturated rings. The predicted octanol–water partition coefficient (Wildman–Crippen LogP) is 8.50. The zero-order chi connectivity index (χ0) is 37.3. The van der Waals surface area contributed by atoms with Gasteiger partial charge in [0.25, 0.3) is 0 Å². The van der Waals surface area contributed by atoms with Gasteiger partial charge in [0.15, 0.2) is 69.8 Å². The number of halogens is 15. The summed E-state index contributed by atoms with van der Waals surface area (Å²) in [6.45, 7) is 0. The fourth-order valence-corrected chi connectivity index (χ4v) is 4.98. The molecule has 0 aliphatic carbocycles. The highest BCUT2D eigenvalue weighted by Crippen LogP contribution is 2.54. The highest BCUT2D eigenvalue weighted by atomic mass is 19.2. The molecule has 4 nitrogen and oxygen atoms in total. The molecule has 0 unspecified atom stereocenters. The second kappa shape index (κ2) is 12.8. The topological polar surface area (TPSA) is 69.9 Å². The van der Waals surface area contributed by atoms with E-state index in [1.54, 1.807) is 0 Å². The van der Waals surface area contributed by atoms with Crippen molar-refractivity contribution in [2.45, 2.75) is 0 Å². The number of phenolic OH excluding ortho intramolecular Hbond substituents is 1. The van der Waals surface area contributed by atoms with E-state index in [1.807, 2.05) is 0 Å². The molecule has 0 spiro atoms. The van der Waals surface area contributed by atoms with Crippen LogP contribution in [0, 0.1) is 87.3 Å². The first-order valence-corrected chi connectivity index (χ1v) is 12.9. The third-order valence-electron chi connectivity index (χ3n) is 7.08. The SMILES string of the molecule is OB(O)Oc1cc(-c2c(F)c(F)c(F)c(F)c2F)c(-c2ccc(O)cc2)c(-c2c(F)c(F)c(F)c(F)c2F)c1-c1c(F)c(F)c(F)c(F)c1F. The molecule has 5 aromatic rings. The Kier molecular flexibility index (Phi) is 9.22. The Morgan fingerprint density at radius 1 is 0.380 bits per heavy atom. The average molecular weight is 728 g/mol. The molecule has 0 aliphatic rings. The fraction of sp³-hybridized carbons (Fsp3) is 0. The summed E-state index contributed by atoms with van der Waals surface area (Å²) in [7, 11) is -3.33. The van der Waals surface area contributed by atoms with Crippen LogP contribution >= 0.6 is 0 Å². The Labute approximate surface area is 267 Å².